The van der Waals surface area contributed by atoms with E-state index < -0.39 is 10.0 Å². The number of hydrogen-bond donors (Lipinski definition) is 1. The molecule has 0 aromatic heterocycles. The molecule has 0 fully saturated rings. The van der Waals surface area contributed by atoms with E-state index in [1.165, 1.54) is 4.31 Å². The fraction of sp³-hybridized carbons (Fsp3) is 0.208. The fourth-order valence-electron chi connectivity index (χ4n) is 3.21. The summed E-state index contributed by atoms with van der Waals surface area (Å²) in [6, 6.07) is 26.5. The first-order valence-corrected chi connectivity index (χ1v) is 11.6. The summed E-state index contributed by atoms with van der Waals surface area (Å²) in [5, 5.41) is 3.01. The molecule has 6 heteroatoms. The number of carbonyl (C=O) groups is 1. The minimum atomic E-state index is -3.56. The van der Waals surface area contributed by atoms with Gasteiger partial charge in [0.15, 0.2) is 0 Å². The van der Waals surface area contributed by atoms with Gasteiger partial charge in [-0.05, 0) is 23.6 Å². The van der Waals surface area contributed by atoms with Crippen LogP contribution in [0.5, 0.6) is 0 Å². The van der Waals surface area contributed by atoms with Crippen molar-refractivity contribution in [3.8, 4) is 0 Å². The molecule has 30 heavy (non-hydrogen) atoms. The summed E-state index contributed by atoms with van der Waals surface area (Å²) in [7, 11) is -3.56. The lowest BCUT2D eigenvalue weighted by Crippen LogP contribution is -2.41. The Bertz CT molecular complexity index is 1070. The number of aryl methyl sites for hydroxylation is 1. The summed E-state index contributed by atoms with van der Waals surface area (Å²) in [5.41, 5.74) is 3.83. The summed E-state index contributed by atoms with van der Waals surface area (Å²) >= 11 is 0. The molecule has 3 aromatic carbocycles. The van der Waals surface area contributed by atoms with E-state index in [0.29, 0.717) is 0 Å². The van der Waals surface area contributed by atoms with Crippen LogP contribution < -0.4 is 5.32 Å². The van der Waals surface area contributed by atoms with Crippen LogP contribution in [0.3, 0.4) is 0 Å². The summed E-state index contributed by atoms with van der Waals surface area (Å²) < 4.78 is 25.8. The van der Waals surface area contributed by atoms with Gasteiger partial charge >= 0.3 is 0 Å². The Kier molecular flexibility index (Phi) is 7.03. The molecule has 0 aliphatic heterocycles. The predicted molar refractivity (Wildman–Crippen MR) is 119 cm³/mol. The first-order valence-electron chi connectivity index (χ1n) is 9.73. The molecule has 1 atom stereocenters. The molecule has 1 amide bonds. The topological polar surface area (TPSA) is 66.5 Å². The average molecular weight is 423 g/mol. The number of carbonyl (C=O) groups excluding carboxylic acids is 1. The Labute approximate surface area is 178 Å². The molecule has 0 saturated heterocycles. The Morgan fingerprint density at radius 1 is 0.867 bits per heavy atom. The number of rotatable bonds is 8. The molecule has 0 bridgehead atoms. The van der Waals surface area contributed by atoms with Gasteiger partial charge in [-0.2, -0.15) is 4.31 Å². The molecule has 0 spiro atoms. The van der Waals surface area contributed by atoms with Gasteiger partial charge < -0.3 is 5.32 Å². The van der Waals surface area contributed by atoms with Crippen molar-refractivity contribution >= 4 is 15.9 Å². The second-order valence-electron chi connectivity index (χ2n) is 7.34. The van der Waals surface area contributed by atoms with Crippen molar-refractivity contribution in [1.82, 2.24) is 9.62 Å². The largest absolute Gasteiger partial charge is 0.344 e. The van der Waals surface area contributed by atoms with Crippen LogP contribution in [0, 0.1) is 6.92 Å². The quantitative estimate of drug-likeness (QED) is 0.602. The number of sulfonamides is 1. The lowest BCUT2D eigenvalue weighted by atomic mass is 9.98. The van der Waals surface area contributed by atoms with E-state index in [1.807, 2.05) is 91.9 Å². The van der Waals surface area contributed by atoms with E-state index in [-0.39, 0.29) is 25.0 Å². The van der Waals surface area contributed by atoms with Crippen LogP contribution in [0.1, 0.15) is 28.3 Å². The van der Waals surface area contributed by atoms with Crippen LogP contribution in [0.15, 0.2) is 84.9 Å². The van der Waals surface area contributed by atoms with Gasteiger partial charge in [0.25, 0.3) is 0 Å². The minimum absolute atomic E-state index is 0.146. The van der Waals surface area contributed by atoms with Crippen LogP contribution in [0.2, 0.25) is 0 Å². The second kappa shape index (κ2) is 9.69. The first kappa shape index (κ1) is 21.7. The van der Waals surface area contributed by atoms with Gasteiger partial charge in [0.1, 0.15) is 0 Å². The molecule has 5 nitrogen and oxygen atoms in total. The third-order valence-corrected chi connectivity index (χ3v) is 6.04. The monoisotopic (exact) mass is 422 g/mol. The zero-order valence-corrected chi connectivity index (χ0v) is 18.0. The highest BCUT2D eigenvalue weighted by molar-refractivity contribution is 7.88. The number of amides is 1. The van der Waals surface area contributed by atoms with Crippen LogP contribution >= 0.6 is 0 Å². The minimum Gasteiger partial charge on any atom is -0.344 e. The maximum Gasteiger partial charge on any atom is 0.236 e. The van der Waals surface area contributed by atoms with Crippen LogP contribution in [0.25, 0.3) is 0 Å². The van der Waals surface area contributed by atoms with Gasteiger partial charge in [-0.25, -0.2) is 8.42 Å². The van der Waals surface area contributed by atoms with Crippen molar-refractivity contribution in [2.45, 2.75) is 19.5 Å². The SMILES string of the molecule is Cc1ccc(C(NC(=O)CN(Cc2ccccc2)S(C)(=O)=O)c2ccccc2)cc1. The van der Waals surface area contributed by atoms with Crippen molar-refractivity contribution in [3.63, 3.8) is 0 Å². The third kappa shape index (κ3) is 6.02. The van der Waals surface area contributed by atoms with Crippen molar-refractivity contribution in [3.05, 3.63) is 107 Å². The fourth-order valence-corrected chi connectivity index (χ4v) is 3.94. The summed E-state index contributed by atoms with van der Waals surface area (Å²) in [5.74, 6) is -0.356. The van der Waals surface area contributed by atoms with Crippen molar-refractivity contribution < 1.29 is 13.2 Å². The van der Waals surface area contributed by atoms with Gasteiger partial charge in [0, 0.05) is 6.54 Å². The Balaban J connectivity index is 1.81. The summed E-state index contributed by atoms with van der Waals surface area (Å²) in [4.78, 5) is 12.9. The molecule has 0 heterocycles. The van der Waals surface area contributed by atoms with Gasteiger partial charge in [0.05, 0.1) is 18.8 Å². The molecule has 156 valence electrons. The highest BCUT2D eigenvalue weighted by Gasteiger charge is 2.23. The van der Waals surface area contributed by atoms with E-state index in [9.17, 15) is 13.2 Å². The average Bonchev–Trinajstić information content (AvgIpc) is 2.73. The van der Waals surface area contributed by atoms with E-state index in [4.69, 9.17) is 0 Å². The molecule has 0 saturated carbocycles. The van der Waals surface area contributed by atoms with Crippen LogP contribution in [-0.2, 0) is 21.4 Å². The molecule has 3 rings (SSSR count). The lowest BCUT2D eigenvalue weighted by molar-refractivity contribution is -0.121. The first-order chi connectivity index (χ1) is 14.3. The Morgan fingerprint density at radius 2 is 1.40 bits per heavy atom. The Hall–Kier alpha value is -2.96. The second-order valence-corrected chi connectivity index (χ2v) is 9.32. The molecule has 0 aliphatic carbocycles. The van der Waals surface area contributed by atoms with Gasteiger partial charge in [0.2, 0.25) is 15.9 Å². The smallest absolute Gasteiger partial charge is 0.236 e. The molecule has 0 aliphatic rings. The van der Waals surface area contributed by atoms with E-state index >= 15 is 0 Å². The van der Waals surface area contributed by atoms with E-state index in [0.717, 1.165) is 28.5 Å². The molecule has 1 unspecified atom stereocenters. The summed E-state index contributed by atoms with van der Waals surface area (Å²) in [6.45, 7) is 1.91. The molecular weight excluding hydrogens is 396 g/mol. The maximum absolute atomic E-state index is 12.9. The number of hydrogen-bond acceptors (Lipinski definition) is 3. The maximum atomic E-state index is 12.9. The van der Waals surface area contributed by atoms with Crippen molar-refractivity contribution in [2.75, 3.05) is 12.8 Å². The zero-order valence-electron chi connectivity index (χ0n) is 17.2. The van der Waals surface area contributed by atoms with Crippen LogP contribution in [0.4, 0.5) is 0 Å². The normalized spacial score (nSPS) is 12.5. The van der Waals surface area contributed by atoms with E-state index in [2.05, 4.69) is 5.32 Å². The van der Waals surface area contributed by atoms with Crippen LogP contribution in [-0.4, -0.2) is 31.4 Å². The summed E-state index contributed by atoms with van der Waals surface area (Å²) in [6.07, 6.45) is 1.12. The van der Waals surface area contributed by atoms with Gasteiger partial charge in [-0.1, -0.05) is 90.5 Å². The predicted octanol–water partition coefficient (Wildman–Crippen LogP) is 3.66. The number of benzene rings is 3. The standard InChI is InChI=1S/C24H26N2O3S/c1-19-13-15-22(16-14-19)24(21-11-7-4-8-12-21)25-23(27)18-26(30(2,28)29)17-20-9-5-3-6-10-20/h3-16,24H,17-18H2,1-2H3,(H,25,27). The van der Waals surface area contributed by atoms with Gasteiger partial charge in [-0.3, -0.25) is 4.79 Å². The molecular formula is C24H26N2O3S. The molecule has 3 aromatic rings. The number of nitrogens with zero attached hydrogens (tertiary/aromatic N) is 1. The van der Waals surface area contributed by atoms with Crippen molar-refractivity contribution in [1.29, 1.82) is 0 Å². The van der Waals surface area contributed by atoms with Crippen molar-refractivity contribution in [2.24, 2.45) is 0 Å². The highest BCUT2D eigenvalue weighted by Crippen LogP contribution is 2.22. The van der Waals surface area contributed by atoms with Gasteiger partial charge in [-0.15, -0.1) is 0 Å². The highest BCUT2D eigenvalue weighted by atomic mass is 32.2. The van der Waals surface area contributed by atoms with E-state index in [1.54, 1.807) is 0 Å². The zero-order chi connectivity index (χ0) is 21.6. The molecule has 1 N–H and O–H groups in total. The third-order valence-electron chi connectivity index (χ3n) is 4.84. The Morgan fingerprint density at radius 3 is 1.97 bits per heavy atom. The number of nitrogens with one attached hydrogen (secondary N) is 1. The molecule has 0 radical (unpaired) electrons. The lowest BCUT2D eigenvalue weighted by Gasteiger charge is -2.23.